The standard InChI is InChI=1S/C18H22N4O4S/c1-27(24,25)19-8-11-12-9-22(10-18(12)7-6-15(11)26-18)17(23)16-20-13-4-2-3-5-14(13)21-16/h2-5,11-12,15,19H,6-10H2,1H3,(H,20,21)/t11-,12+,15+,18+/m0/s1. The minimum atomic E-state index is -3.25. The van der Waals surface area contributed by atoms with E-state index in [4.69, 9.17) is 4.74 Å². The van der Waals surface area contributed by atoms with Gasteiger partial charge in [-0.3, -0.25) is 4.79 Å². The Morgan fingerprint density at radius 3 is 3.04 bits per heavy atom. The lowest BCUT2D eigenvalue weighted by atomic mass is 9.74. The molecule has 3 aliphatic rings. The second-order valence-corrected chi connectivity index (χ2v) is 9.77. The van der Waals surface area contributed by atoms with Crippen LogP contribution in [0.5, 0.6) is 0 Å². The number of imidazole rings is 1. The molecule has 5 rings (SSSR count). The highest BCUT2D eigenvalue weighted by molar-refractivity contribution is 7.88. The number of para-hydroxylation sites is 2. The number of sulfonamides is 1. The summed E-state index contributed by atoms with van der Waals surface area (Å²) in [6, 6.07) is 7.56. The maximum atomic E-state index is 13.0. The van der Waals surface area contributed by atoms with Gasteiger partial charge in [-0.05, 0) is 25.0 Å². The molecule has 1 aromatic carbocycles. The number of benzene rings is 1. The van der Waals surface area contributed by atoms with Crippen molar-refractivity contribution in [3.63, 3.8) is 0 Å². The molecule has 2 aromatic rings. The van der Waals surface area contributed by atoms with E-state index in [2.05, 4.69) is 14.7 Å². The Hall–Kier alpha value is -1.97. The van der Waals surface area contributed by atoms with Gasteiger partial charge in [-0.25, -0.2) is 18.1 Å². The highest BCUT2D eigenvalue weighted by Gasteiger charge is 2.63. The molecule has 4 heterocycles. The average molecular weight is 390 g/mol. The fraction of sp³-hybridized carbons (Fsp3) is 0.556. The molecule has 27 heavy (non-hydrogen) atoms. The van der Waals surface area contributed by atoms with Crippen molar-refractivity contribution >= 4 is 27.0 Å². The van der Waals surface area contributed by atoms with Gasteiger partial charge < -0.3 is 14.6 Å². The van der Waals surface area contributed by atoms with Crippen LogP contribution in [0.4, 0.5) is 0 Å². The number of nitrogens with one attached hydrogen (secondary N) is 2. The second kappa shape index (κ2) is 5.76. The first-order chi connectivity index (χ1) is 12.8. The van der Waals surface area contributed by atoms with Crippen LogP contribution in [0.2, 0.25) is 0 Å². The third-order valence-corrected chi connectivity index (χ3v) is 6.94. The molecule has 3 fully saturated rings. The summed E-state index contributed by atoms with van der Waals surface area (Å²) in [6.07, 6.45) is 3.08. The first-order valence-corrected chi connectivity index (χ1v) is 11.1. The topological polar surface area (TPSA) is 104 Å². The lowest BCUT2D eigenvalue weighted by Gasteiger charge is -2.29. The Morgan fingerprint density at radius 1 is 1.44 bits per heavy atom. The van der Waals surface area contributed by atoms with E-state index in [0.717, 1.165) is 23.9 Å². The third-order valence-electron chi connectivity index (χ3n) is 6.24. The number of H-pyrrole nitrogens is 1. The molecular weight excluding hydrogens is 368 g/mol. The lowest BCUT2D eigenvalue weighted by molar-refractivity contribution is 0.00314. The van der Waals surface area contributed by atoms with Crippen molar-refractivity contribution in [1.82, 2.24) is 19.6 Å². The molecule has 2 N–H and O–H groups in total. The monoisotopic (exact) mass is 390 g/mol. The molecule has 144 valence electrons. The molecule has 2 bridgehead atoms. The molecule has 0 radical (unpaired) electrons. The zero-order valence-electron chi connectivity index (χ0n) is 15.0. The van der Waals surface area contributed by atoms with Crippen LogP contribution in [-0.2, 0) is 14.8 Å². The van der Waals surface area contributed by atoms with Gasteiger partial charge in [-0.15, -0.1) is 0 Å². The van der Waals surface area contributed by atoms with Crippen molar-refractivity contribution < 1.29 is 17.9 Å². The van der Waals surface area contributed by atoms with Crippen LogP contribution in [0.15, 0.2) is 24.3 Å². The van der Waals surface area contributed by atoms with E-state index < -0.39 is 10.0 Å². The van der Waals surface area contributed by atoms with Crippen LogP contribution < -0.4 is 4.72 Å². The van der Waals surface area contributed by atoms with Gasteiger partial charge in [0.2, 0.25) is 10.0 Å². The minimum Gasteiger partial charge on any atom is -0.369 e. The Bertz CT molecular complexity index is 986. The maximum absolute atomic E-state index is 13.0. The first-order valence-electron chi connectivity index (χ1n) is 9.21. The number of rotatable bonds is 4. The van der Waals surface area contributed by atoms with Crippen LogP contribution in [-0.4, -0.2) is 66.8 Å². The predicted octanol–water partition coefficient (Wildman–Crippen LogP) is 0.732. The third kappa shape index (κ3) is 2.76. The number of hydrogen-bond acceptors (Lipinski definition) is 5. The van der Waals surface area contributed by atoms with E-state index in [-0.39, 0.29) is 29.4 Å². The Labute approximate surface area is 157 Å². The molecule has 8 nitrogen and oxygen atoms in total. The summed E-state index contributed by atoms with van der Waals surface area (Å²) >= 11 is 0. The summed E-state index contributed by atoms with van der Waals surface area (Å²) in [5.41, 5.74) is 1.27. The Balaban J connectivity index is 1.37. The largest absolute Gasteiger partial charge is 0.369 e. The molecular formula is C18H22N4O4S. The van der Waals surface area contributed by atoms with Gasteiger partial charge in [0, 0.05) is 24.9 Å². The number of nitrogens with zero attached hydrogens (tertiary/aromatic N) is 2. The van der Waals surface area contributed by atoms with Gasteiger partial charge in [0.15, 0.2) is 5.82 Å². The molecule has 0 saturated carbocycles. The van der Waals surface area contributed by atoms with Gasteiger partial charge in [0.25, 0.3) is 5.91 Å². The first kappa shape index (κ1) is 17.2. The summed E-state index contributed by atoms with van der Waals surface area (Å²) in [5, 5.41) is 0. The van der Waals surface area contributed by atoms with E-state index >= 15 is 0 Å². The summed E-state index contributed by atoms with van der Waals surface area (Å²) in [5.74, 6) is 0.463. The van der Waals surface area contributed by atoms with Crippen LogP contribution in [0, 0.1) is 11.8 Å². The van der Waals surface area contributed by atoms with Crippen LogP contribution >= 0.6 is 0 Å². The number of hydrogen-bond donors (Lipinski definition) is 2. The average Bonchev–Trinajstić information content (AvgIpc) is 3.36. The molecule has 3 aliphatic heterocycles. The molecule has 1 aromatic heterocycles. The van der Waals surface area contributed by atoms with Crippen LogP contribution in [0.3, 0.4) is 0 Å². The van der Waals surface area contributed by atoms with Crippen molar-refractivity contribution in [3.8, 4) is 0 Å². The number of carbonyl (C=O) groups is 1. The summed E-state index contributed by atoms with van der Waals surface area (Å²) in [6.45, 7) is 1.48. The van der Waals surface area contributed by atoms with Crippen molar-refractivity contribution in [2.45, 2.75) is 24.5 Å². The smallest absolute Gasteiger partial charge is 0.289 e. The molecule has 1 spiro atoms. The molecule has 4 atom stereocenters. The van der Waals surface area contributed by atoms with Crippen LogP contribution in [0.25, 0.3) is 11.0 Å². The number of amides is 1. The molecule has 3 saturated heterocycles. The molecule has 0 unspecified atom stereocenters. The van der Waals surface area contributed by atoms with Gasteiger partial charge in [-0.1, -0.05) is 12.1 Å². The Kier molecular flexibility index (Phi) is 3.66. The van der Waals surface area contributed by atoms with Crippen molar-refractivity contribution in [3.05, 3.63) is 30.1 Å². The minimum absolute atomic E-state index is 0.0766. The maximum Gasteiger partial charge on any atom is 0.289 e. The molecule has 0 aliphatic carbocycles. The lowest BCUT2D eigenvalue weighted by Crippen LogP contribution is -2.41. The summed E-state index contributed by atoms with van der Waals surface area (Å²) in [7, 11) is -3.25. The predicted molar refractivity (Wildman–Crippen MR) is 98.7 cm³/mol. The highest BCUT2D eigenvalue weighted by Crippen LogP contribution is 2.54. The van der Waals surface area contributed by atoms with E-state index in [1.165, 1.54) is 6.26 Å². The van der Waals surface area contributed by atoms with Crippen molar-refractivity contribution in [2.75, 3.05) is 25.9 Å². The van der Waals surface area contributed by atoms with Gasteiger partial charge in [-0.2, -0.15) is 0 Å². The van der Waals surface area contributed by atoms with E-state index in [9.17, 15) is 13.2 Å². The van der Waals surface area contributed by atoms with Gasteiger partial charge in [0.05, 0.1) is 35.5 Å². The van der Waals surface area contributed by atoms with Crippen LogP contribution in [0.1, 0.15) is 23.5 Å². The quantitative estimate of drug-likeness (QED) is 0.801. The zero-order chi connectivity index (χ0) is 18.8. The number of likely N-dealkylation sites (tertiary alicyclic amines) is 1. The van der Waals surface area contributed by atoms with Crippen molar-refractivity contribution in [1.29, 1.82) is 0 Å². The highest BCUT2D eigenvalue weighted by atomic mass is 32.2. The summed E-state index contributed by atoms with van der Waals surface area (Å²) < 4.78 is 31.9. The normalized spacial score (nSPS) is 32.3. The zero-order valence-corrected chi connectivity index (χ0v) is 15.8. The number of aromatic nitrogens is 2. The number of carbonyl (C=O) groups excluding carboxylic acids is 1. The van der Waals surface area contributed by atoms with Crippen molar-refractivity contribution in [2.24, 2.45) is 11.8 Å². The number of aromatic amines is 1. The SMILES string of the molecule is CS(=O)(=O)NC[C@H]1[C@H]2CN(C(=O)c3nc4ccccc4[nH]3)C[C@]23CC[C@H]1O3. The second-order valence-electron chi connectivity index (χ2n) is 7.94. The summed E-state index contributed by atoms with van der Waals surface area (Å²) in [4.78, 5) is 22.3. The Morgan fingerprint density at radius 2 is 2.26 bits per heavy atom. The van der Waals surface area contributed by atoms with E-state index in [0.29, 0.717) is 25.5 Å². The van der Waals surface area contributed by atoms with Gasteiger partial charge in [0.1, 0.15) is 0 Å². The molecule has 9 heteroatoms. The fourth-order valence-electron chi connectivity index (χ4n) is 5.07. The van der Waals surface area contributed by atoms with Gasteiger partial charge >= 0.3 is 0 Å². The fourth-order valence-corrected chi connectivity index (χ4v) is 5.56. The van der Waals surface area contributed by atoms with E-state index in [1.54, 1.807) is 4.90 Å². The molecule has 1 amide bonds. The number of ether oxygens (including phenoxy) is 1. The van der Waals surface area contributed by atoms with E-state index in [1.807, 2.05) is 24.3 Å². The number of fused-ring (bicyclic) bond motifs is 2.